The third-order valence-corrected chi connectivity index (χ3v) is 3.43. The van der Waals surface area contributed by atoms with Gasteiger partial charge in [-0.1, -0.05) is 30.7 Å². The third-order valence-electron chi connectivity index (χ3n) is 3.19. The number of hydrogen-bond donors (Lipinski definition) is 1. The average molecular weight is 279 g/mol. The fourth-order valence-electron chi connectivity index (χ4n) is 2.11. The first kappa shape index (κ1) is 14.0. The predicted octanol–water partition coefficient (Wildman–Crippen LogP) is 2.40. The predicted molar refractivity (Wildman–Crippen MR) is 77.4 cm³/mol. The van der Waals surface area contributed by atoms with Gasteiger partial charge in [0.25, 0.3) is 0 Å². The standard InChI is InChI=1S/C14H19ClN4/c1-3-16-9-12(8-14-17-10-18-19(14)2)11-5-4-6-13(15)7-11/h4-7,10,12,16H,3,8-9H2,1-2H3. The molecular weight excluding hydrogens is 260 g/mol. The quantitative estimate of drug-likeness (QED) is 0.882. The van der Waals surface area contributed by atoms with Gasteiger partial charge in [0.15, 0.2) is 0 Å². The molecule has 0 saturated carbocycles. The summed E-state index contributed by atoms with van der Waals surface area (Å²) in [6.07, 6.45) is 2.45. The molecule has 0 fully saturated rings. The molecule has 2 rings (SSSR count). The number of likely N-dealkylation sites (N-methyl/N-ethyl adjacent to an activating group) is 1. The number of halogens is 1. The summed E-state index contributed by atoms with van der Waals surface area (Å²) in [4.78, 5) is 4.30. The molecule has 102 valence electrons. The van der Waals surface area contributed by atoms with Crippen molar-refractivity contribution in [1.29, 1.82) is 0 Å². The first-order chi connectivity index (χ1) is 9.20. The van der Waals surface area contributed by atoms with Crippen LogP contribution in [0.1, 0.15) is 24.2 Å². The lowest BCUT2D eigenvalue weighted by Crippen LogP contribution is -2.23. The minimum absolute atomic E-state index is 0.349. The van der Waals surface area contributed by atoms with Crippen LogP contribution in [0.3, 0.4) is 0 Å². The zero-order chi connectivity index (χ0) is 13.7. The largest absolute Gasteiger partial charge is 0.316 e. The van der Waals surface area contributed by atoms with Crippen LogP contribution in [-0.4, -0.2) is 27.9 Å². The van der Waals surface area contributed by atoms with Gasteiger partial charge in [0.2, 0.25) is 0 Å². The first-order valence-electron chi connectivity index (χ1n) is 6.49. The molecule has 0 radical (unpaired) electrons. The highest BCUT2D eigenvalue weighted by Crippen LogP contribution is 2.22. The Morgan fingerprint density at radius 2 is 2.26 bits per heavy atom. The Bertz CT molecular complexity index is 524. The number of aryl methyl sites for hydroxylation is 1. The van der Waals surface area contributed by atoms with Crippen molar-refractivity contribution in [3.05, 3.63) is 47.0 Å². The number of aromatic nitrogens is 3. The molecule has 1 heterocycles. The Labute approximate surface area is 118 Å². The summed E-state index contributed by atoms with van der Waals surface area (Å²) in [6, 6.07) is 8.04. The van der Waals surface area contributed by atoms with Crippen LogP contribution in [0.4, 0.5) is 0 Å². The van der Waals surface area contributed by atoms with Gasteiger partial charge in [-0.25, -0.2) is 4.98 Å². The number of nitrogens with one attached hydrogen (secondary N) is 1. The molecule has 0 aliphatic heterocycles. The highest BCUT2D eigenvalue weighted by molar-refractivity contribution is 6.30. The molecule has 19 heavy (non-hydrogen) atoms. The Hall–Kier alpha value is -1.39. The Morgan fingerprint density at radius 3 is 2.89 bits per heavy atom. The summed E-state index contributed by atoms with van der Waals surface area (Å²) in [6.45, 7) is 3.97. The van der Waals surface area contributed by atoms with E-state index in [1.165, 1.54) is 5.56 Å². The maximum atomic E-state index is 6.08. The summed E-state index contributed by atoms with van der Waals surface area (Å²) < 4.78 is 1.82. The molecule has 1 N–H and O–H groups in total. The molecule has 0 bridgehead atoms. The van der Waals surface area contributed by atoms with Gasteiger partial charge in [0.05, 0.1) is 0 Å². The highest BCUT2D eigenvalue weighted by Gasteiger charge is 2.15. The minimum Gasteiger partial charge on any atom is -0.316 e. The molecule has 0 saturated heterocycles. The molecule has 1 atom stereocenters. The number of nitrogens with zero attached hydrogens (tertiary/aromatic N) is 3. The lowest BCUT2D eigenvalue weighted by Gasteiger charge is -2.17. The van der Waals surface area contributed by atoms with Crippen molar-refractivity contribution in [2.45, 2.75) is 19.3 Å². The van der Waals surface area contributed by atoms with E-state index in [0.29, 0.717) is 5.92 Å². The molecule has 1 aromatic carbocycles. The van der Waals surface area contributed by atoms with E-state index in [4.69, 9.17) is 11.6 Å². The van der Waals surface area contributed by atoms with Crippen LogP contribution in [0.5, 0.6) is 0 Å². The fourth-order valence-corrected chi connectivity index (χ4v) is 2.31. The molecular formula is C14H19ClN4. The normalized spacial score (nSPS) is 12.6. The van der Waals surface area contributed by atoms with E-state index in [-0.39, 0.29) is 0 Å². The van der Waals surface area contributed by atoms with Crippen molar-refractivity contribution in [3.8, 4) is 0 Å². The molecule has 0 amide bonds. The molecule has 2 aromatic rings. The molecule has 1 aromatic heterocycles. The Balaban J connectivity index is 2.18. The number of benzene rings is 1. The molecule has 0 spiro atoms. The van der Waals surface area contributed by atoms with Gasteiger partial charge in [0.1, 0.15) is 12.2 Å². The van der Waals surface area contributed by atoms with Gasteiger partial charge in [-0.3, -0.25) is 4.68 Å². The number of hydrogen-bond acceptors (Lipinski definition) is 3. The van der Waals surface area contributed by atoms with Crippen molar-refractivity contribution in [1.82, 2.24) is 20.1 Å². The van der Waals surface area contributed by atoms with E-state index in [9.17, 15) is 0 Å². The van der Waals surface area contributed by atoms with E-state index in [1.54, 1.807) is 6.33 Å². The average Bonchev–Trinajstić information content (AvgIpc) is 2.80. The van der Waals surface area contributed by atoms with Gasteiger partial charge in [-0.05, 0) is 24.2 Å². The van der Waals surface area contributed by atoms with Crippen molar-refractivity contribution in [2.24, 2.45) is 7.05 Å². The van der Waals surface area contributed by atoms with E-state index < -0.39 is 0 Å². The smallest absolute Gasteiger partial charge is 0.138 e. The van der Waals surface area contributed by atoms with E-state index in [2.05, 4.69) is 28.4 Å². The van der Waals surface area contributed by atoms with Gasteiger partial charge < -0.3 is 5.32 Å². The van der Waals surface area contributed by atoms with Crippen LogP contribution in [0.15, 0.2) is 30.6 Å². The fraction of sp³-hybridized carbons (Fsp3) is 0.429. The van der Waals surface area contributed by atoms with E-state index >= 15 is 0 Å². The topological polar surface area (TPSA) is 42.7 Å². The van der Waals surface area contributed by atoms with Crippen LogP contribution in [-0.2, 0) is 13.5 Å². The maximum Gasteiger partial charge on any atom is 0.138 e. The second kappa shape index (κ2) is 6.68. The number of rotatable bonds is 6. The summed E-state index contributed by atoms with van der Waals surface area (Å²) in [7, 11) is 1.92. The lowest BCUT2D eigenvalue weighted by molar-refractivity contribution is 0.563. The summed E-state index contributed by atoms with van der Waals surface area (Å²) in [5, 5.41) is 8.29. The zero-order valence-corrected chi connectivity index (χ0v) is 12.1. The Morgan fingerprint density at radius 1 is 1.42 bits per heavy atom. The highest BCUT2D eigenvalue weighted by atomic mass is 35.5. The first-order valence-corrected chi connectivity index (χ1v) is 6.87. The molecule has 1 unspecified atom stereocenters. The summed E-state index contributed by atoms with van der Waals surface area (Å²) >= 11 is 6.08. The minimum atomic E-state index is 0.349. The van der Waals surface area contributed by atoms with Gasteiger partial charge in [-0.2, -0.15) is 5.10 Å². The van der Waals surface area contributed by atoms with Crippen LogP contribution >= 0.6 is 11.6 Å². The SMILES string of the molecule is CCNCC(Cc1ncnn1C)c1cccc(Cl)c1. The van der Waals surface area contributed by atoms with Crippen molar-refractivity contribution >= 4 is 11.6 Å². The lowest BCUT2D eigenvalue weighted by atomic mass is 9.95. The monoisotopic (exact) mass is 278 g/mol. The summed E-state index contributed by atoms with van der Waals surface area (Å²) in [5.41, 5.74) is 1.23. The Kier molecular flexibility index (Phi) is 4.93. The van der Waals surface area contributed by atoms with Gasteiger partial charge >= 0.3 is 0 Å². The van der Waals surface area contributed by atoms with E-state index in [0.717, 1.165) is 30.4 Å². The van der Waals surface area contributed by atoms with Crippen molar-refractivity contribution in [2.75, 3.05) is 13.1 Å². The van der Waals surface area contributed by atoms with Crippen LogP contribution in [0, 0.1) is 0 Å². The second-order valence-corrected chi connectivity index (χ2v) is 5.00. The molecule has 4 nitrogen and oxygen atoms in total. The zero-order valence-electron chi connectivity index (χ0n) is 11.3. The second-order valence-electron chi connectivity index (χ2n) is 4.56. The van der Waals surface area contributed by atoms with Crippen LogP contribution < -0.4 is 5.32 Å². The van der Waals surface area contributed by atoms with Gasteiger partial charge in [-0.15, -0.1) is 0 Å². The van der Waals surface area contributed by atoms with Crippen molar-refractivity contribution in [3.63, 3.8) is 0 Å². The van der Waals surface area contributed by atoms with Gasteiger partial charge in [0, 0.05) is 31.0 Å². The van der Waals surface area contributed by atoms with Crippen LogP contribution in [0.2, 0.25) is 5.02 Å². The third kappa shape index (κ3) is 3.78. The van der Waals surface area contributed by atoms with Crippen molar-refractivity contribution < 1.29 is 0 Å². The van der Waals surface area contributed by atoms with Crippen LogP contribution in [0.25, 0.3) is 0 Å². The maximum absolute atomic E-state index is 6.08. The summed E-state index contributed by atoms with van der Waals surface area (Å²) in [5.74, 6) is 1.34. The molecule has 0 aliphatic carbocycles. The molecule has 0 aliphatic rings. The van der Waals surface area contributed by atoms with E-state index in [1.807, 2.05) is 29.9 Å². The molecule has 5 heteroatoms.